The molecule has 0 aliphatic heterocycles. The zero-order valence-electron chi connectivity index (χ0n) is 9.29. The highest BCUT2D eigenvalue weighted by atomic mass is 79.9. The molecule has 0 saturated carbocycles. The third-order valence-electron chi connectivity index (χ3n) is 2.56. The van der Waals surface area contributed by atoms with Gasteiger partial charge in [0.25, 0.3) is 0 Å². The van der Waals surface area contributed by atoms with Gasteiger partial charge in [0.1, 0.15) is 5.75 Å². The summed E-state index contributed by atoms with van der Waals surface area (Å²) < 4.78 is 5.63. The fourth-order valence-corrected chi connectivity index (χ4v) is 2.25. The monoisotopic (exact) mass is 270 g/mol. The molecule has 0 aliphatic rings. The lowest BCUT2D eigenvalue weighted by atomic mass is 10.0. The molecule has 1 nitrogen and oxygen atoms in total. The largest absolute Gasteiger partial charge is 0.494 e. The summed E-state index contributed by atoms with van der Waals surface area (Å²) >= 11 is 3.53. The smallest absolute Gasteiger partial charge is 0.119 e. The number of halogens is 1. The highest BCUT2D eigenvalue weighted by Crippen LogP contribution is 2.14. The van der Waals surface area contributed by atoms with E-state index >= 15 is 0 Å². The Kier molecular flexibility index (Phi) is 6.49. The summed E-state index contributed by atoms with van der Waals surface area (Å²) in [6.07, 6.45) is 3.63. The molecule has 0 N–H and O–H groups in total. The number of benzene rings is 1. The van der Waals surface area contributed by atoms with E-state index in [0.29, 0.717) is 0 Å². The molecule has 1 rings (SSSR count). The molecule has 1 aromatic carbocycles. The van der Waals surface area contributed by atoms with Gasteiger partial charge in [0.05, 0.1) is 6.61 Å². The second-order valence-corrected chi connectivity index (χ2v) is 4.38. The van der Waals surface area contributed by atoms with Crippen molar-refractivity contribution in [2.75, 3.05) is 11.9 Å². The van der Waals surface area contributed by atoms with Crippen molar-refractivity contribution in [1.29, 1.82) is 0 Å². The fraction of sp³-hybridized carbons (Fsp3) is 0.538. The summed E-state index contributed by atoms with van der Waals surface area (Å²) in [5, 5.41) is 1.11. The van der Waals surface area contributed by atoms with Gasteiger partial charge in [-0.25, -0.2) is 0 Å². The van der Waals surface area contributed by atoms with Crippen LogP contribution >= 0.6 is 15.9 Å². The van der Waals surface area contributed by atoms with Gasteiger partial charge in [0, 0.05) is 5.33 Å². The second-order valence-electron chi connectivity index (χ2n) is 3.73. The van der Waals surface area contributed by atoms with Crippen molar-refractivity contribution in [3.63, 3.8) is 0 Å². The predicted molar refractivity (Wildman–Crippen MR) is 68.7 cm³/mol. The Balaban J connectivity index is 2.12. The summed E-state index contributed by atoms with van der Waals surface area (Å²) in [7, 11) is 0. The van der Waals surface area contributed by atoms with Gasteiger partial charge >= 0.3 is 0 Å². The van der Waals surface area contributed by atoms with Crippen molar-refractivity contribution in [1.82, 2.24) is 0 Å². The van der Waals surface area contributed by atoms with E-state index in [9.17, 15) is 0 Å². The van der Waals surface area contributed by atoms with E-state index in [-0.39, 0.29) is 0 Å². The molecular formula is C13H19BrO. The second kappa shape index (κ2) is 7.75. The number of rotatable bonds is 7. The lowest BCUT2D eigenvalue weighted by molar-refractivity contribution is 0.295. The van der Waals surface area contributed by atoms with Crippen LogP contribution in [0.4, 0.5) is 0 Å². The first kappa shape index (κ1) is 12.6. The van der Waals surface area contributed by atoms with Crippen LogP contribution in [-0.4, -0.2) is 11.9 Å². The molecule has 0 fully saturated rings. The first-order valence-electron chi connectivity index (χ1n) is 5.60. The zero-order valence-corrected chi connectivity index (χ0v) is 10.9. The maximum atomic E-state index is 5.63. The summed E-state index contributed by atoms with van der Waals surface area (Å²) in [6.45, 7) is 3.07. The molecule has 1 atom stereocenters. The average molecular weight is 271 g/mol. The molecule has 0 spiro atoms. The van der Waals surface area contributed by atoms with Gasteiger partial charge in [-0.2, -0.15) is 0 Å². The van der Waals surface area contributed by atoms with Crippen molar-refractivity contribution in [2.24, 2.45) is 5.92 Å². The van der Waals surface area contributed by atoms with Crippen LogP contribution in [0.5, 0.6) is 5.75 Å². The van der Waals surface area contributed by atoms with Crippen LogP contribution in [0.1, 0.15) is 26.2 Å². The van der Waals surface area contributed by atoms with Crippen molar-refractivity contribution in [2.45, 2.75) is 26.2 Å². The van der Waals surface area contributed by atoms with E-state index < -0.39 is 0 Å². The van der Waals surface area contributed by atoms with Crippen LogP contribution in [0, 0.1) is 5.92 Å². The molecule has 2 heteroatoms. The minimum atomic E-state index is 0.796. The zero-order chi connectivity index (χ0) is 10.9. The number of alkyl halides is 1. The van der Waals surface area contributed by atoms with Crippen LogP contribution in [-0.2, 0) is 0 Å². The van der Waals surface area contributed by atoms with Crippen LogP contribution in [0.25, 0.3) is 0 Å². The van der Waals surface area contributed by atoms with Gasteiger partial charge in [-0.15, -0.1) is 0 Å². The van der Waals surface area contributed by atoms with E-state index in [4.69, 9.17) is 4.74 Å². The van der Waals surface area contributed by atoms with Gasteiger partial charge in [-0.05, 0) is 30.9 Å². The Morgan fingerprint density at radius 3 is 2.60 bits per heavy atom. The van der Waals surface area contributed by atoms with E-state index in [0.717, 1.165) is 30.0 Å². The Morgan fingerprint density at radius 2 is 2.00 bits per heavy atom. The van der Waals surface area contributed by atoms with Crippen LogP contribution in [0.3, 0.4) is 0 Å². The fourth-order valence-electron chi connectivity index (χ4n) is 1.47. The number of hydrogen-bond donors (Lipinski definition) is 0. The summed E-state index contributed by atoms with van der Waals surface area (Å²) in [4.78, 5) is 0. The minimum Gasteiger partial charge on any atom is -0.494 e. The normalized spacial score (nSPS) is 12.4. The van der Waals surface area contributed by atoms with Gasteiger partial charge in [-0.1, -0.05) is 47.5 Å². The molecule has 84 valence electrons. The molecule has 0 bridgehead atoms. The molecule has 15 heavy (non-hydrogen) atoms. The highest BCUT2D eigenvalue weighted by Gasteiger charge is 2.03. The lowest BCUT2D eigenvalue weighted by Gasteiger charge is -2.11. The van der Waals surface area contributed by atoms with Crippen LogP contribution in [0.2, 0.25) is 0 Å². The lowest BCUT2D eigenvalue weighted by Crippen LogP contribution is -2.04. The van der Waals surface area contributed by atoms with Crippen molar-refractivity contribution < 1.29 is 4.74 Å². The molecule has 1 aromatic rings. The average Bonchev–Trinajstić information content (AvgIpc) is 2.31. The topological polar surface area (TPSA) is 9.23 Å². The van der Waals surface area contributed by atoms with Crippen molar-refractivity contribution in [3.05, 3.63) is 30.3 Å². The molecule has 1 unspecified atom stereocenters. The number of ether oxygens (including phenoxy) is 1. The van der Waals surface area contributed by atoms with Gasteiger partial charge < -0.3 is 4.74 Å². The molecule has 0 radical (unpaired) electrons. The van der Waals surface area contributed by atoms with Gasteiger partial charge in [0.15, 0.2) is 0 Å². The highest BCUT2D eigenvalue weighted by molar-refractivity contribution is 9.09. The third-order valence-corrected chi connectivity index (χ3v) is 3.48. The van der Waals surface area contributed by atoms with E-state index in [2.05, 4.69) is 22.9 Å². The van der Waals surface area contributed by atoms with Crippen LogP contribution in [0.15, 0.2) is 30.3 Å². The van der Waals surface area contributed by atoms with E-state index in [1.165, 1.54) is 12.8 Å². The first-order chi connectivity index (χ1) is 7.36. The number of para-hydroxylation sites is 1. The molecular weight excluding hydrogens is 252 g/mol. The summed E-state index contributed by atoms with van der Waals surface area (Å²) in [6, 6.07) is 10.0. The minimum absolute atomic E-state index is 0.796. The summed E-state index contributed by atoms with van der Waals surface area (Å²) in [5.74, 6) is 1.77. The molecule has 0 saturated heterocycles. The Morgan fingerprint density at radius 1 is 1.27 bits per heavy atom. The van der Waals surface area contributed by atoms with E-state index in [1.807, 2.05) is 30.3 Å². The van der Waals surface area contributed by atoms with Crippen molar-refractivity contribution in [3.8, 4) is 5.75 Å². The quantitative estimate of drug-likeness (QED) is 0.531. The Bertz CT molecular complexity index is 244. The maximum absolute atomic E-state index is 5.63. The summed E-state index contributed by atoms with van der Waals surface area (Å²) in [5.41, 5.74) is 0. The predicted octanol–water partition coefficient (Wildman–Crippen LogP) is 4.27. The SMILES string of the molecule is CCC(CBr)CCCOc1ccccc1. The molecule has 0 heterocycles. The first-order valence-corrected chi connectivity index (χ1v) is 6.72. The van der Waals surface area contributed by atoms with Gasteiger partial charge in [0.2, 0.25) is 0 Å². The maximum Gasteiger partial charge on any atom is 0.119 e. The van der Waals surface area contributed by atoms with Gasteiger partial charge in [-0.3, -0.25) is 0 Å². The third kappa shape index (κ3) is 5.22. The standard InChI is InChI=1S/C13H19BrO/c1-2-12(11-14)7-6-10-15-13-8-4-3-5-9-13/h3-5,8-9,12H,2,6-7,10-11H2,1H3. The molecule has 0 aliphatic carbocycles. The van der Waals surface area contributed by atoms with E-state index in [1.54, 1.807) is 0 Å². The Labute approximate surface area is 101 Å². The van der Waals surface area contributed by atoms with Crippen molar-refractivity contribution >= 4 is 15.9 Å². The number of hydrogen-bond acceptors (Lipinski definition) is 1. The molecule has 0 aromatic heterocycles. The Hall–Kier alpha value is -0.500. The molecule has 0 amide bonds. The van der Waals surface area contributed by atoms with Crippen LogP contribution < -0.4 is 4.74 Å².